The summed E-state index contributed by atoms with van der Waals surface area (Å²) >= 11 is 0. The van der Waals surface area contributed by atoms with Gasteiger partial charge in [0, 0.05) is 23.7 Å². The van der Waals surface area contributed by atoms with E-state index in [-0.39, 0.29) is 0 Å². The van der Waals surface area contributed by atoms with Gasteiger partial charge in [-0.3, -0.25) is 9.98 Å². The van der Waals surface area contributed by atoms with Crippen molar-refractivity contribution in [1.82, 2.24) is 4.98 Å². The molecule has 0 fully saturated rings. The SMILES string of the molecule is Cc1cccc(-c2c3ccccc3c(-c3ccc4c(c3)CCC(C3=NC(c5ccncc5)=CCC3)=C4)c3ccccc23)c1. The van der Waals surface area contributed by atoms with Crippen molar-refractivity contribution in [3.63, 3.8) is 0 Å². The molecule has 2 aliphatic rings. The Hall–Kier alpha value is -5.08. The highest BCUT2D eigenvalue weighted by atomic mass is 14.8. The van der Waals surface area contributed by atoms with Gasteiger partial charge in [-0.2, -0.15) is 0 Å². The molecule has 8 rings (SSSR count). The lowest BCUT2D eigenvalue weighted by Crippen LogP contribution is -2.11. The van der Waals surface area contributed by atoms with Gasteiger partial charge in [-0.05, 0) is 111 Å². The summed E-state index contributed by atoms with van der Waals surface area (Å²) in [5.74, 6) is 0. The summed E-state index contributed by atoms with van der Waals surface area (Å²) in [6.45, 7) is 2.17. The summed E-state index contributed by atoms with van der Waals surface area (Å²) in [6, 6.07) is 37.9. The van der Waals surface area contributed by atoms with Gasteiger partial charge in [-0.1, -0.05) is 103 Å². The number of allylic oxidation sites excluding steroid dienone is 2. The van der Waals surface area contributed by atoms with E-state index in [9.17, 15) is 0 Å². The van der Waals surface area contributed by atoms with E-state index in [1.165, 1.54) is 71.8 Å². The molecular weight excluding hydrogens is 520 g/mol. The molecule has 0 atom stereocenters. The zero-order valence-electron chi connectivity index (χ0n) is 24.3. The molecule has 206 valence electrons. The molecule has 0 unspecified atom stereocenters. The van der Waals surface area contributed by atoms with E-state index in [1.54, 1.807) is 0 Å². The molecule has 43 heavy (non-hydrogen) atoms. The molecule has 6 aromatic rings. The Bertz CT molecular complexity index is 2070. The average molecular weight is 553 g/mol. The second-order valence-corrected chi connectivity index (χ2v) is 11.7. The summed E-state index contributed by atoms with van der Waals surface area (Å²) in [4.78, 5) is 9.27. The third kappa shape index (κ3) is 4.60. The Morgan fingerprint density at radius 1 is 0.581 bits per heavy atom. The van der Waals surface area contributed by atoms with Crippen LogP contribution in [0.15, 0.2) is 132 Å². The number of hydrogen-bond acceptors (Lipinski definition) is 2. The van der Waals surface area contributed by atoms with Gasteiger partial charge in [-0.25, -0.2) is 0 Å². The zero-order chi connectivity index (χ0) is 28.8. The number of nitrogens with zero attached hydrogens (tertiary/aromatic N) is 2. The first-order valence-electron chi connectivity index (χ1n) is 15.3. The van der Waals surface area contributed by atoms with Gasteiger partial charge in [0.2, 0.25) is 0 Å². The van der Waals surface area contributed by atoms with Crippen LogP contribution in [0.2, 0.25) is 0 Å². The molecule has 1 aliphatic heterocycles. The standard InChI is InChI=1S/C41H32N2/c1-27-8-6-9-32(24-27)40-34-10-2-4-12-36(34)41(37-13-5-3-11-35(37)40)33-19-17-29-25-31(18-16-30(29)26-33)39-15-7-14-38(43-39)28-20-22-42-23-21-28/h2-6,8-14,17,19-26H,7,15-16,18H2,1H3. The second kappa shape index (κ2) is 10.6. The van der Waals surface area contributed by atoms with Crippen LogP contribution in [0.25, 0.3) is 55.6 Å². The molecule has 2 heteroatoms. The van der Waals surface area contributed by atoms with Crippen molar-refractivity contribution < 1.29 is 0 Å². The number of aromatic nitrogens is 1. The molecular formula is C41H32N2. The molecule has 0 saturated heterocycles. The third-order valence-corrected chi connectivity index (χ3v) is 8.98. The fraction of sp³-hybridized carbons (Fsp3) is 0.122. The van der Waals surface area contributed by atoms with Crippen LogP contribution in [0.4, 0.5) is 0 Å². The molecule has 0 spiro atoms. The molecule has 2 nitrogen and oxygen atoms in total. The number of fused-ring (bicyclic) bond motifs is 3. The average Bonchev–Trinajstić information content (AvgIpc) is 3.07. The Kier molecular flexibility index (Phi) is 6.34. The second-order valence-electron chi connectivity index (χ2n) is 11.7. The van der Waals surface area contributed by atoms with Crippen LogP contribution in [-0.2, 0) is 6.42 Å². The minimum Gasteiger partial charge on any atom is -0.265 e. The van der Waals surface area contributed by atoms with Gasteiger partial charge in [0.15, 0.2) is 0 Å². The first-order valence-corrected chi connectivity index (χ1v) is 15.3. The van der Waals surface area contributed by atoms with Gasteiger partial charge < -0.3 is 0 Å². The van der Waals surface area contributed by atoms with Crippen molar-refractivity contribution in [3.8, 4) is 22.3 Å². The van der Waals surface area contributed by atoms with E-state index in [2.05, 4.69) is 115 Å². The normalized spacial score (nSPS) is 14.7. The highest BCUT2D eigenvalue weighted by Gasteiger charge is 2.20. The molecule has 0 radical (unpaired) electrons. The minimum absolute atomic E-state index is 0.999. The lowest BCUT2D eigenvalue weighted by molar-refractivity contribution is 0.942. The molecule has 0 saturated carbocycles. The lowest BCUT2D eigenvalue weighted by Gasteiger charge is -2.22. The van der Waals surface area contributed by atoms with Crippen molar-refractivity contribution in [3.05, 3.63) is 149 Å². The highest BCUT2D eigenvalue weighted by molar-refractivity contribution is 6.21. The van der Waals surface area contributed by atoms with Crippen LogP contribution in [0.1, 0.15) is 41.5 Å². The Morgan fingerprint density at radius 2 is 1.26 bits per heavy atom. The van der Waals surface area contributed by atoms with Crippen molar-refractivity contribution in [2.45, 2.75) is 32.6 Å². The van der Waals surface area contributed by atoms with Crippen LogP contribution in [0.3, 0.4) is 0 Å². The molecule has 2 heterocycles. The number of hydrogen-bond donors (Lipinski definition) is 0. The molecule has 1 aliphatic carbocycles. The van der Waals surface area contributed by atoms with E-state index < -0.39 is 0 Å². The van der Waals surface area contributed by atoms with E-state index in [4.69, 9.17) is 4.99 Å². The van der Waals surface area contributed by atoms with Crippen LogP contribution in [0.5, 0.6) is 0 Å². The lowest BCUT2D eigenvalue weighted by atomic mass is 9.83. The van der Waals surface area contributed by atoms with Crippen molar-refractivity contribution in [2.24, 2.45) is 4.99 Å². The van der Waals surface area contributed by atoms with Crippen LogP contribution in [-0.4, -0.2) is 10.7 Å². The van der Waals surface area contributed by atoms with Crippen molar-refractivity contribution in [1.29, 1.82) is 0 Å². The largest absolute Gasteiger partial charge is 0.265 e. The number of benzene rings is 5. The Morgan fingerprint density at radius 3 is 1.93 bits per heavy atom. The maximum atomic E-state index is 5.10. The van der Waals surface area contributed by atoms with E-state index in [0.717, 1.165) is 36.9 Å². The number of rotatable bonds is 4. The summed E-state index contributed by atoms with van der Waals surface area (Å²) in [5.41, 5.74) is 14.0. The smallest absolute Gasteiger partial charge is 0.0666 e. The fourth-order valence-electron chi connectivity index (χ4n) is 6.96. The van der Waals surface area contributed by atoms with Crippen LogP contribution < -0.4 is 0 Å². The maximum Gasteiger partial charge on any atom is 0.0666 e. The monoisotopic (exact) mass is 552 g/mol. The minimum atomic E-state index is 0.999. The first-order chi connectivity index (χ1) is 21.2. The van der Waals surface area contributed by atoms with Gasteiger partial charge in [0.25, 0.3) is 0 Å². The molecule has 0 bridgehead atoms. The highest BCUT2D eigenvalue weighted by Crippen LogP contribution is 2.44. The number of aryl methyl sites for hydroxylation is 2. The van der Waals surface area contributed by atoms with Crippen molar-refractivity contribution >= 4 is 39.0 Å². The maximum absolute atomic E-state index is 5.10. The van der Waals surface area contributed by atoms with E-state index in [0.29, 0.717) is 0 Å². The first kappa shape index (κ1) is 25.6. The Balaban J connectivity index is 1.24. The summed E-state index contributed by atoms with van der Waals surface area (Å²) in [5, 5.41) is 5.21. The van der Waals surface area contributed by atoms with Gasteiger partial charge >= 0.3 is 0 Å². The van der Waals surface area contributed by atoms with Crippen LogP contribution in [0, 0.1) is 6.92 Å². The molecule has 1 aromatic heterocycles. The Labute approximate surface area is 252 Å². The predicted molar refractivity (Wildman–Crippen MR) is 182 cm³/mol. The predicted octanol–water partition coefficient (Wildman–Crippen LogP) is 10.6. The van der Waals surface area contributed by atoms with Gasteiger partial charge in [0.1, 0.15) is 0 Å². The van der Waals surface area contributed by atoms with Crippen molar-refractivity contribution in [2.75, 3.05) is 0 Å². The summed E-state index contributed by atoms with van der Waals surface area (Å²) in [7, 11) is 0. The topological polar surface area (TPSA) is 25.2 Å². The fourth-order valence-corrected chi connectivity index (χ4v) is 6.96. The zero-order valence-corrected chi connectivity index (χ0v) is 24.3. The summed E-state index contributed by atoms with van der Waals surface area (Å²) < 4.78 is 0. The van der Waals surface area contributed by atoms with Gasteiger partial charge in [-0.15, -0.1) is 0 Å². The third-order valence-electron chi connectivity index (χ3n) is 8.98. The summed E-state index contributed by atoms with van der Waals surface area (Å²) in [6.07, 6.45) is 12.4. The van der Waals surface area contributed by atoms with Gasteiger partial charge in [0.05, 0.1) is 5.70 Å². The van der Waals surface area contributed by atoms with E-state index in [1.807, 2.05) is 24.5 Å². The molecule has 5 aromatic carbocycles. The molecule has 0 N–H and O–H groups in total. The quantitative estimate of drug-likeness (QED) is 0.200. The molecule has 0 amide bonds. The number of aliphatic imine (C=N–C) groups is 1. The van der Waals surface area contributed by atoms with Crippen LogP contribution >= 0.6 is 0 Å². The van der Waals surface area contributed by atoms with E-state index >= 15 is 0 Å². The number of pyridine rings is 1.